The van der Waals surface area contributed by atoms with Crippen LogP contribution in [0.1, 0.15) is 25.8 Å². The van der Waals surface area contributed by atoms with Crippen LogP contribution >= 0.6 is 27.3 Å². The van der Waals surface area contributed by atoms with E-state index in [2.05, 4.69) is 20.9 Å². The number of carbonyl (C=O) groups excluding carboxylic acids is 2. The largest absolute Gasteiger partial charge is 0.490 e. The molecule has 0 aliphatic heterocycles. The molecule has 3 heterocycles. The lowest BCUT2D eigenvalue weighted by Gasteiger charge is -2.06. The van der Waals surface area contributed by atoms with Crippen molar-refractivity contribution in [3.8, 4) is 5.75 Å². The number of hydrogen-bond acceptors (Lipinski definition) is 8. The first kappa shape index (κ1) is 24.0. The number of thiophene rings is 1. The van der Waals surface area contributed by atoms with Crippen LogP contribution in [-0.4, -0.2) is 34.5 Å². The summed E-state index contributed by atoms with van der Waals surface area (Å²) in [5.41, 5.74) is 0.637. The maximum Gasteiger partial charge on any atom is 0.348 e. The number of Topliss-reactive ketones (excluding diaryl/α,β-unsaturated/α-hetero) is 1. The number of halogens is 1. The number of nitrogens with zero attached hydrogens (tertiary/aromatic N) is 2. The lowest BCUT2D eigenvalue weighted by Crippen LogP contribution is -2.24. The summed E-state index contributed by atoms with van der Waals surface area (Å²) in [6, 6.07) is 16.3. The highest BCUT2D eigenvalue weighted by molar-refractivity contribution is 9.10. The van der Waals surface area contributed by atoms with E-state index in [0.29, 0.717) is 26.6 Å². The van der Waals surface area contributed by atoms with Crippen molar-refractivity contribution in [2.24, 2.45) is 0 Å². The van der Waals surface area contributed by atoms with Gasteiger partial charge < -0.3 is 13.9 Å². The number of hydrogen-bond donors (Lipinski definition) is 0. The Morgan fingerprint density at radius 2 is 1.92 bits per heavy atom. The number of aromatic nitrogens is 2. The molecular formula is C26H19BrN2O6S. The monoisotopic (exact) mass is 566 g/mol. The minimum absolute atomic E-state index is 0.0572. The van der Waals surface area contributed by atoms with Crippen LogP contribution < -0.4 is 10.3 Å². The van der Waals surface area contributed by atoms with Crippen LogP contribution in [0.15, 0.2) is 74.6 Å². The Hall–Kier alpha value is -3.76. The van der Waals surface area contributed by atoms with Gasteiger partial charge in [-0.05, 0) is 48.9 Å². The smallest absolute Gasteiger partial charge is 0.348 e. The molecule has 8 nitrogen and oxygen atoms in total. The van der Waals surface area contributed by atoms with Crippen LogP contribution in [0.3, 0.4) is 0 Å². The molecule has 0 unspecified atom stereocenters. The van der Waals surface area contributed by atoms with Gasteiger partial charge in [-0.2, -0.15) is 0 Å². The normalized spacial score (nSPS) is 11.2. The fourth-order valence-corrected chi connectivity index (χ4v) is 5.14. The molecule has 10 heteroatoms. The Bertz CT molecular complexity index is 1650. The maximum atomic E-state index is 13.2. The molecule has 0 aliphatic carbocycles. The lowest BCUT2D eigenvalue weighted by molar-refractivity contribution is 0.0455. The first-order chi connectivity index (χ1) is 17.4. The van der Waals surface area contributed by atoms with Gasteiger partial charge in [0.1, 0.15) is 34.3 Å². The summed E-state index contributed by atoms with van der Waals surface area (Å²) in [5, 5.41) is 1.07. The van der Waals surface area contributed by atoms with Gasteiger partial charge in [-0.25, -0.2) is 9.78 Å². The van der Waals surface area contributed by atoms with Crippen LogP contribution in [0.5, 0.6) is 5.75 Å². The van der Waals surface area contributed by atoms with Crippen molar-refractivity contribution in [3.05, 3.63) is 92.0 Å². The minimum atomic E-state index is -0.553. The highest BCUT2D eigenvalue weighted by Gasteiger charge is 2.22. The Kier molecular flexibility index (Phi) is 6.71. The van der Waals surface area contributed by atoms with Gasteiger partial charge in [0, 0.05) is 9.86 Å². The number of esters is 1. The predicted octanol–water partition coefficient (Wildman–Crippen LogP) is 5.39. The zero-order chi connectivity index (χ0) is 25.2. The van der Waals surface area contributed by atoms with E-state index in [1.165, 1.54) is 10.9 Å². The molecular weight excluding hydrogens is 548 g/mol. The molecule has 0 atom stereocenters. The molecule has 182 valence electrons. The Morgan fingerprint density at radius 1 is 1.11 bits per heavy atom. The van der Waals surface area contributed by atoms with Gasteiger partial charge in [-0.15, -0.1) is 11.3 Å². The van der Waals surface area contributed by atoms with E-state index in [9.17, 15) is 14.4 Å². The van der Waals surface area contributed by atoms with Gasteiger partial charge >= 0.3 is 5.97 Å². The standard InChI is InChI=1S/C26H19BrN2O6S/c1-15-22-24(36-23(15)26(32)34-10-9-33-18-5-3-2-4-6-18)28-14-29(25(22)31)13-19(30)21-12-16-11-17(27)7-8-20(16)35-21/h2-8,11-12,14H,9-10,13H2,1H3. The average Bonchev–Trinajstić information content (AvgIpc) is 3.45. The van der Waals surface area contributed by atoms with Crippen molar-refractivity contribution in [2.45, 2.75) is 13.5 Å². The van der Waals surface area contributed by atoms with Crippen LogP contribution in [-0.2, 0) is 11.3 Å². The van der Waals surface area contributed by atoms with E-state index >= 15 is 0 Å². The summed E-state index contributed by atoms with van der Waals surface area (Å²) in [4.78, 5) is 43.6. The number of para-hydroxylation sites is 1. The SMILES string of the molecule is Cc1c(C(=O)OCCOc2ccccc2)sc2ncn(CC(=O)c3cc4cc(Br)ccc4o3)c(=O)c12. The highest BCUT2D eigenvalue weighted by atomic mass is 79.9. The molecule has 0 N–H and O–H groups in total. The van der Waals surface area contributed by atoms with E-state index in [0.717, 1.165) is 21.2 Å². The number of ketones is 1. The first-order valence-corrected chi connectivity index (χ1v) is 12.6. The number of benzene rings is 2. The third kappa shape index (κ3) is 4.82. The summed E-state index contributed by atoms with van der Waals surface area (Å²) in [5.74, 6) is -0.0836. The van der Waals surface area contributed by atoms with Crippen LogP contribution in [0.4, 0.5) is 0 Å². The van der Waals surface area contributed by atoms with Gasteiger partial charge in [0.2, 0.25) is 5.78 Å². The van der Waals surface area contributed by atoms with Crippen molar-refractivity contribution < 1.29 is 23.5 Å². The van der Waals surface area contributed by atoms with Crippen molar-refractivity contribution in [1.29, 1.82) is 0 Å². The highest BCUT2D eigenvalue weighted by Crippen LogP contribution is 2.28. The molecule has 5 aromatic rings. The molecule has 0 saturated carbocycles. The second kappa shape index (κ2) is 10.1. The molecule has 0 saturated heterocycles. The summed E-state index contributed by atoms with van der Waals surface area (Å²) < 4.78 is 18.6. The number of rotatable bonds is 8. The van der Waals surface area contributed by atoms with E-state index in [1.54, 1.807) is 19.1 Å². The molecule has 0 aliphatic rings. The van der Waals surface area contributed by atoms with Crippen molar-refractivity contribution in [3.63, 3.8) is 0 Å². The van der Waals surface area contributed by atoms with E-state index in [4.69, 9.17) is 13.9 Å². The van der Waals surface area contributed by atoms with E-state index in [1.807, 2.05) is 42.5 Å². The molecule has 0 radical (unpaired) electrons. The fourth-order valence-electron chi connectivity index (χ4n) is 3.73. The molecule has 36 heavy (non-hydrogen) atoms. The van der Waals surface area contributed by atoms with E-state index < -0.39 is 11.5 Å². The van der Waals surface area contributed by atoms with Crippen LogP contribution in [0.25, 0.3) is 21.2 Å². The van der Waals surface area contributed by atoms with Crippen molar-refractivity contribution in [2.75, 3.05) is 13.2 Å². The Labute approximate surface area is 217 Å². The maximum absolute atomic E-state index is 13.2. The quantitative estimate of drug-likeness (QED) is 0.141. The summed E-state index contributed by atoms with van der Waals surface area (Å²) in [6.45, 7) is 1.68. The molecule has 0 spiro atoms. The minimum Gasteiger partial charge on any atom is -0.490 e. The zero-order valence-electron chi connectivity index (χ0n) is 19.0. The lowest BCUT2D eigenvalue weighted by atomic mass is 10.2. The van der Waals surface area contributed by atoms with Gasteiger partial charge in [-0.1, -0.05) is 34.1 Å². The predicted molar refractivity (Wildman–Crippen MR) is 139 cm³/mol. The Balaban J connectivity index is 1.31. The topological polar surface area (TPSA) is 101 Å². The summed E-state index contributed by atoms with van der Waals surface area (Å²) in [6.07, 6.45) is 1.31. The van der Waals surface area contributed by atoms with Gasteiger partial charge in [0.15, 0.2) is 5.76 Å². The Morgan fingerprint density at radius 3 is 2.72 bits per heavy atom. The summed E-state index contributed by atoms with van der Waals surface area (Å²) >= 11 is 4.47. The van der Waals surface area contributed by atoms with Gasteiger partial charge in [0.25, 0.3) is 5.56 Å². The first-order valence-electron chi connectivity index (χ1n) is 11.0. The van der Waals surface area contributed by atoms with E-state index in [-0.39, 0.29) is 36.7 Å². The molecule has 3 aromatic heterocycles. The van der Waals surface area contributed by atoms with Crippen molar-refractivity contribution >= 4 is 60.2 Å². The third-order valence-electron chi connectivity index (χ3n) is 5.50. The van der Waals surface area contributed by atoms with Gasteiger partial charge in [-0.3, -0.25) is 14.2 Å². The second-order valence-corrected chi connectivity index (χ2v) is 9.84. The fraction of sp³-hybridized carbons (Fsp3) is 0.154. The molecule has 2 aromatic carbocycles. The molecule has 0 fully saturated rings. The van der Waals surface area contributed by atoms with Crippen LogP contribution in [0.2, 0.25) is 0 Å². The van der Waals surface area contributed by atoms with Gasteiger partial charge in [0.05, 0.1) is 18.3 Å². The second-order valence-electron chi connectivity index (χ2n) is 7.93. The average molecular weight is 567 g/mol. The number of ether oxygens (including phenoxy) is 2. The number of furan rings is 1. The molecule has 0 bridgehead atoms. The molecule has 5 rings (SSSR count). The number of carbonyl (C=O) groups is 2. The molecule has 0 amide bonds. The van der Waals surface area contributed by atoms with Crippen molar-refractivity contribution in [1.82, 2.24) is 9.55 Å². The zero-order valence-corrected chi connectivity index (χ0v) is 21.4. The third-order valence-corrected chi connectivity index (χ3v) is 7.17. The van der Waals surface area contributed by atoms with Crippen LogP contribution in [0, 0.1) is 6.92 Å². The number of fused-ring (bicyclic) bond motifs is 2. The number of aryl methyl sites for hydroxylation is 1. The summed E-state index contributed by atoms with van der Waals surface area (Å²) in [7, 11) is 0.